The number of esters is 1. The van der Waals surface area contributed by atoms with Gasteiger partial charge in [0.1, 0.15) is 6.10 Å². The maximum absolute atomic E-state index is 13.2. The molecule has 54 heavy (non-hydrogen) atoms. The first-order valence-corrected chi connectivity index (χ1v) is 22.8. The van der Waals surface area contributed by atoms with E-state index < -0.39 is 11.4 Å². The van der Waals surface area contributed by atoms with E-state index in [0.717, 1.165) is 24.7 Å². The predicted octanol–water partition coefficient (Wildman–Crippen LogP) is 11.6. The van der Waals surface area contributed by atoms with Crippen molar-refractivity contribution in [2.45, 2.75) is 192 Å². The molecular formula is C48H86N2O4. The first-order chi connectivity index (χ1) is 25.3. The summed E-state index contributed by atoms with van der Waals surface area (Å²) in [4.78, 5) is 27.1. The van der Waals surface area contributed by atoms with Crippen molar-refractivity contribution >= 4 is 11.9 Å². The van der Waals surface area contributed by atoms with Crippen LogP contribution < -0.4 is 5.32 Å². The summed E-state index contributed by atoms with van der Waals surface area (Å²) in [5, 5.41) is 13.4. The second-order valence-electron chi connectivity index (χ2n) is 21.1. The van der Waals surface area contributed by atoms with E-state index in [9.17, 15) is 14.7 Å². The Morgan fingerprint density at radius 3 is 2.07 bits per heavy atom. The zero-order valence-electron chi connectivity index (χ0n) is 37.6. The fourth-order valence-corrected chi connectivity index (χ4v) is 14.7. The molecule has 312 valence electrons. The van der Waals surface area contributed by atoms with Crippen molar-refractivity contribution in [1.29, 1.82) is 0 Å². The number of nitrogens with zero attached hydrogens (tertiary/aromatic N) is 1. The molecule has 1 aliphatic heterocycles. The van der Waals surface area contributed by atoms with Gasteiger partial charge in [-0.1, -0.05) is 88.3 Å². The van der Waals surface area contributed by atoms with Gasteiger partial charge in [-0.15, -0.1) is 0 Å². The molecule has 10 atom stereocenters. The van der Waals surface area contributed by atoms with Crippen LogP contribution >= 0.6 is 0 Å². The highest BCUT2D eigenvalue weighted by Gasteiger charge is 2.71. The number of fused-ring (bicyclic) bond motifs is 7. The number of hydrogen-bond acceptors (Lipinski definition) is 5. The number of hydrogen-bond donors (Lipinski definition) is 2. The molecule has 1 heterocycles. The minimum atomic E-state index is -0.864. The molecule has 6 heteroatoms. The van der Waals surface area contributed by atoms with E-state index in [2.05, 4.69) is 65.4 Å². The summed E-state index contributed by atoms with van der Waals surface area (Å²) in [7, 11) is 2.26. The topological polar surface area (TPSA) is 78.9 Å². The molecule has 0 aromatic carbocycles. The summed E-state index contributed by atoms with van der Waals surface area (Å²) < 4.78 is 6.31. The second-order valence-corrected chi connectivity index (χ2v) is 21.1. The lowest BCUT2D eigenvalue weighted by molar-refractivity contribution is -0.250. The van der Waals surface area contributed by atoms with Gasteiger partial charge < -0.3 is 20.1 Å². The standard InChI is InChI=1S/C44H74N2O4.2C2H6/c1-29(2)31-13-20-44(23-24-45-30-16-25-46(10)26-17-30)22-21-42(8)32(38(31)44)11-12-34-41(7)18-15-35(40(5,6)33(41)14-19-43(34,42)9)50-37(49)28-39(3,4)27-36(47)48;2*1-2/h30-35,38,45H,1,11-28H2,2-10H3,(H,47,48);2*1-2H3/t31-,32+,33?,34?,35?,38?,41-,42+,43+,44+;;/m0../s1. The van der Waals surface area contributed by atoms with Gasteiger partial charge in [0, 0.05) is 11.5 Å². The van der Waals surface area contributed by atoms with E-state index in [0.29, 0.717) is 40.0 Å². The summed E-state index contributed by atoms with van der Waals surface area (Å²) in [6.45, 7) is 35.2. The lowest BCUT2D eigenvalue weighted by atomic mass is 9.32. The highest BCUT2D eigenvalue weighted by Crippen LogP contribution is 2.78. The molecule has 4 unspecified atom stereocenters. The predicted molar refractivity (Wildman–Crippen MR) is 225 cm³/mol. The lowest BCUT2D eigenvalue weighted by Crippen LogP contribution is -2.66. The second kappa shape index (κ2) is 17.2. The van der Waals surface area contributed by atoms with Gasteiger partial charge in [0.15, 0.2) is 0 Å². The van der Waals surface area contributed by atoms with Gasteiger partial charge in [-0.3, -0.25) is 9.59 Å². The lowest BCUT2D eigenvalue weighted by Gasteiger charge is -2.73. The number of allylic oxidation sites excluding steroid dienone is 1. The van der Waals surface area contributed by atoms with Crippen LogP contribution in [0.1, 0.15) is 179 Å². The SMILES string of the molecule is C=C(C)[C@@H]1CC[C@]2(CCNC3CCN(C)CC3)CC[C@]3(C)[C@H](CCC4[C@@]5(C)CCC(OC(=O)CC(C)(C)CC(=O)O)C(C)(C)C5CC[C@]43C)C12.CC.CC. The van der Waals surface area contributed by atoms with Gasteiger partial charge in [0.2, 0.25) is 0 Å². The number of ether oxygens (including phenoxy) is 1. The molecule has 6 nitrogen and oxygen atoms in total. The van der Waals surface area contributed by atoms with Crippen molar-refractivity contribution in [3.8, 4) is 0 Å². The summed E-state index contributed by atoms with van der Waals surface area (Å²) >= 11 is 0. The third-order valence-electron chi connectivity index (χ3n) is 17.5. The third-order valence-corrected chi connectivity index (χ3v) is 17.5. The molecule has 0 amide bonds. The Balaban J connectivity index is 0.00000157. The van der Waals surface area contributed by atoms with Crippen LogP contribution in [0.25, 0.3) is 0 Å². The van der Waals surface area contributed by atoms with Crippen LogP contribution in [0.15, 0.2) is 12.2 Å². The Morgan fingerprint density at radius 1 is 0.815 bits per heavy atom. The Kier molecular flexibility index (Phi) is 14.4. The van der Waals surface area contributed by atoms with Crippen molar-refractivity contribution in [2.75, 3.05) is 26.7 Å². The molecule has 6 fully saturated rings. The zero-order chi connectivity index (χ0) is 40.5. The molecule has 5 aliphatic carbocycles. The van der Waals surface area contributed by atoms with Crippen LogP contribution in [0.2, 0.25) is 0 Å². The minimum absolute atomic E-state index is 0.0265. The summed E-state index contributed by atoms with van der Waals surface area (Å²) in [5.74, 6) is 2.29. The maximum atomic E-state index is 13.2. The minimum Gasteiger partial charge on any atom is -0.481 e. The van der Waals surface area contributed by atoms with Crippen LogP contribution in [-0.2, 0) is 14.3 Å². The van der Waals surface area contributed by atoms with E-state index >= 15 is 0 Å². The number of carbonyl (C=O) groups is 2. The largest absolute Gasteiger partial charge is 0.481 e. The number of aliphatic carboxylic acids is 1. The molecule has 0 bridgehead atoms. The smallest absolute Gasteiger partial charge is 0.306 e. The van der Waals surface area contributed by atoms with Crippen molar-refractivity contribution < 1.29 is 19.4 Å². The van der Waals surface area contributed by atoms with Gasteiger partial charge in [-0.25, -0.2) is 0 Å². The van der Waals surface area contributed by atoms with E-state index in [1.807, 2.05) is 41.5 Å². The molecule has 6 rings (SSSR count). The van der Waals surface area contributed by atoms with Crippen LogP contribution in [0, 0.1) is 62.1 Å². The summed E-state index contributed by atoms with van der Waals surface area (Å²) in [6.07, 6.45) is 16.6. The van der Waals surface area contributed by atoms with Gasteiger partial charge in [0.25, 0.3) is 0 Å². The Labute approximate surface area is 333 Å². The average Bonchev–Trinajstić information content (AvgIpc) is 3.48. The highest BCUT2D eigenvalue weighted by molar-refractivity contribution is 5.73. The Bertz CT molecular complexity index is 1300. The maximum Gasteiger partial charge on any atom is 0.306 e. The van der Waals surface area contributed by atoms with E-state index in [4.69, 9.17) is 4.74 Å². The fraction of sp³-hybridized carbons (Fsp3) is 0.917. The van der Waals surface area contributed by atoms with Crippen molar-refractivity contribution in [1.82, 2.24) is 10.2 Å². The van der Waals surface area contributed by atoms with Crippen molar-refractivity contribution in [2.24, 2.45) is 62.1 Å². The first kappa shape index (κ1) is 45.3. The molecular weight excluding hydrogens is 669 g/mol. The van der Waals surface area contributed by atoms with E-state index in [1.54, 1.807) is 0 Å². The number of piperidine rings is 1. The van der Waals surface area contributed by atoms with Gasteiger partial charge >= 0.3 is 11.9 Å². The number of rotatable bonds is 10. The first-order valence-electron chi connectivity index (χ1n) is 22.8. The fourth-order valence-electron chi connectivity index (χ4n) is 14.7. The summed E-state index contributed by atoms with van der Waals surface area (Å²) in [6, 6.07) is 0.685. The van der Waals surface area contributed by atoms with E-state index in [1.165, 1.54) is 95.8 Å². The van der Waals surface area contributed by atoms with Crippen molar-refractivity contribution in [3.63, 3.8) is 0 Å². The number of nitrogens with one attached hydrogen (secondary N) is 1. The highest BCUT2D eigenvalue weighted by atomic mass is 16.5. The van der Waals surface area contributed by atoms with Crippen LogP contribution in [0.4, 0.5) is 0 Å². The quantitative estimate of drug-likeness (QED) is 0.171. The third kappa shape index (κ3) is 8.28. The molecule has 6 aliphatic rings. The number of carboxylic acids is 1. The zero-order valence-corrected chi connectivity index (χ0v) is 37.6. The number of carboxylic acid groups (broad SMARTS) is 1. The number of carbonyl (C=O) groups excluding carboxylic acids is 1. The monoisotopic (exact) mass is 755 g/mol. The molecule has 0 aromatic rings. The average molecular weight is 755 g/mol. The van der Waals surface area contributed by atoms with Crippen LogP contribution in [0.5, 0.6) is 0 Å². The van der Waals surface area contributed by atoms with Crippen LogP contribution in [-0.4, -0.2) is 60.8 Å². The van der Waals surface area contributed by atoms with E-state index in [-0.39, 0.29) is 35.7 Å². The molecule has 2 N–H and O–H groups in total. The molecule has 5 saturated carbocycles. The normalized spacial score (nSPS) is 40.2. The van der Waals surface area contributed by atoms with Crippen LogP contribution in [0.3, 0.4) is 0 Å². The molecule has 0 radical (unpaired) electrons. The molecule has 1 saturated heterocycles. The summed E-state index contributed by atoms with van der Waals surface area (Å²) in [5.41, 5.74) is 2.04. The van der Waals surface area contributed by atoms with Gasteiger partial charge in [-0.2, -0.15) is 0 Å². The van der Waals surface area contributed by atoms with Gasteiger partial charge in [0.05, 0.1) is 12.8 Å². The molecule has 0 spiro atoms. The Morgan fingerprint density at radius 2 is 1.46 bits per heavy atom. The van der Waals surface area contributed by atoms with Crippen molar-refractivity contribution in [3.05, 3.63) is 12.2 Å². The van der Waals surface area contributed by atoms with Gasteiger partial charge in [-0.05, 0) is 174 Å². The Hall–Kier alpha value is -1.40. The number of likely N-dealkylation sites (tertiary alicyclic amines) is 1. The molecule has 0 aromatic heterocycles.